The molecule has 1 saturated heterocycles. The zero-order valence-corrected chi connectivity index (χ0v) is 13.3. The molecule has 0 spiro atoms. The van der Waals surface area contributed by atoms with Gasteiger partial charge in [-0.25, -0.2) is 0 Å². The number of carbonyl (C=O) groups is 2. The topological polar surface area (TPSA) is 49.4 Å². The molecule has 2 heterocycles. The Balaban J connectivity index is 1.95. The highest BCUT2D eigenvalue weighted by atomic mass is 35.5. The third-order valence-corrected chi connectivity index (χ3v) is 4.53. The highest BCUT2D eigenvalue weighted by molar-refractivity contribution is 7.16. The van der Waals surface area contributed by atoms with E-state index in [0.717, 1.165) is 15.6 Å². The summed E-state index contributed by atoms with van der Waals surface area (Å²) in [6, 6.07) is 3.45. The van der Waals surface area contributed by atoms with Crippen molar-refractivity contribution >= 4 is 34.8 Å². The van der Waals surface area contributed by atoms with Crippen LogP contribution in [-0.2, 0) is 16.0 Å². The van der Waals surface area contributed by atoms with Gasteiger partial charge in [0.15, 0.2) is 0 Å². The van der Waals surface area contributed by atoms with Crippen LogP contribution < -0.4 is 5.32 Å². The van der Waals surface area contributed by atoms with Gasteiger partial charge in [-0.15, -0.1) is 11.3 Å². The molecule has 0 bridgehead atoms. The van der Waals surface area contributed by atoms with E-state index in [1.165, 1.54) is 11.3 Å². The van der Waals surface area contributed by atoms with Gasteiger partial charge in [-0.05, 0) is 30.9 Å². The summed E-state index contributed by atoms with van der Waals surface area (Å²) >= 11 is 7.40. The van der Waals surface area contributed by atoms with Gasteiger partial charge in [0.05, 0.1) is 10.9 Å². The molecule has 0 saturated carbocycles. The summed E-state index contributed by atoms with van der Waals surface area (Å²) in [5, 5.41) is 2.78. The second kappa shape index (κ2) is 6.59. The molecule has 20 heavy (non-hydrogen) atoms. The standard InChI is InChI=1S/C14H19ClN2O2S/c1-9(2)7-11-14(19)17(8-13(18)16-11)6-5-10-3-4-12(15)20-10/h3-4,9,11H,5-8H2,1-2H3,(H,16,18). The van der Waals surface area contributed by atoms with Crippen molar-refractivity contribution in [2.24, 2.45) is 5.92 Å². The summed E-state index contributed by atoms with van der Waals surface area (Å²) < 4.78 is 0.750. The van der Waals surface area contributed by atoms with Crippen molar-refractivity contribution in [2.45, 2.75) is 32.7 Å². The average Bonchev–Trinajstić information content (AvgIpc) is 2.77. The Kier molecular flexibility index (Phi) is 5.05. The normalized spacial score (nSPS) is 19.6. The lowest BCUT2D eigenvalue weighted by Gasteiger charge is -2.33. The molecule has 6 heteroatoms. The highest BCUT2D eigenvalue weighted by Crippen LogP contribution is 2.22. The highest BCUT2D eigenvalue weighted by Gasteiger charge is 2.32. The number of hydrogen-bond acceptors (Lipinski definition) is 3. The Labute approximate surface area is 128 Å². The number of piperazine rings is 1. The summed E-state index contributed by atoms with van der Waals surface area (Å²) in [4.78, 5) is 26.8. The molecule has 1 fully saturated rings. The van der Waals surface area contributed by atoms with Gasteiger partial charge in [-0.1, -0.05) is 25.4 Å². The fourth-order valence-electron chi connectivity index (χ4n) is 2.33. The number of rotatable bonds is 5. The number of carbonyl (C=O) groups excluding carboxylic acids is 2. The largest absolute Gasteiger partial charge is 0.343 e. The predicted molar refractivity (Wildman–Crippen MR) is 81.0 cm³/mol. The van der Waals surface area contributed by atoms with Crippen LogP contribution >= 0.6 is 22.9 Å². The predicted octanol–water partition coefficient (Wildman–Crippen LogP) is 2.32. The number of halogens is 1. The van der Waals surface area contributed by atoms with Gasteiger partial charge in [0.1, 0.15) is 6.04 Å². The first-order valence-corrected chi connectivity index (χ1v) is 7.97. The Morgan fingerprint density at radius 1 is 1.45 bits per heavy atom. The fourth-order valence-corrected chi connectivity index (χ4v) is 3.40. The van der Waals surface area contributed by atoms with Crippen molar-refractivity contribution in [1.29, 1.82) is 0 Å². The van der Waals surface area contributed by atoms with E-state index >= 15 is 0 Å². The monoisotopic (exact) mass is 314 g/mol. The minimum atomic E-state index is -0.372. The maximum atomic E-state index is 12.3. The fraction of sp³-hybridized carbons (Fsp3) is 0.571. The third-order valence-electron chi connectivity index (χ3n) is 3.24. The van der Waals surface area contributed by atoms with Gasteiger partial charge in [0.25, 0.3) is 0 Å². The van der Waals surface area contributed by atoms with E-state index in [1.54, 1.807) is 4.90 Å². The van der Waals surface area contributed by atoms with Crippen molar-refractivity contribution in [3.8, 4) is 0 Å². The van der Waals surface area contributed by atoms with Gasteiger partial charge >= 0.3 is 0 Å². The molecule has 0 aliphatic carbocycles. The van der Waals surface area contributed by atoms with Crippen LogP contribution in [0.2, 0.25) is 4.34 Å². The molecule has 1 atom stereocenters. The minimum absolute atomic E-state index is 0.0287. The van der Waals surface area contributed by atoms with E-state index in [2.05, 4.69) is 5.32 Å². The van der Waals surface area contributed by atoms with Crippen LogP contribution in [0.3, 0.4) is 0 Å². The quantitative estimate of drug-likeness (QED) is 0.906. The SMILES string of the molecule is CC(C)CC1NC(=O)CN(CCc2ccc(Cl)s2)C1=O. The Morgan fingerprint density at radius 2 is 2.20 bits per heavy atom. The van der Waals surface area contributed by atoms with Gasteiger partial charge in [-0.3, -0.25) is 9.59 Å². The Morgan fingerprint density at radius 3 is 2.80 bits per heavy atom. The van der Waals surface area contributed by atoms with Crippen LogP contribution in [0.1, 0.15) is 25.1 Å². The van der Waals surface area contributed by atoms with E-state index in [9.17, 15) is 9.59 Å². The first-order chi connectivity index (χ1) is 9.45. The van der Waals surface area contributed by atoms with Crippen LogP contribution in [0, 0.1) is 5.92 Å². The first-order valence-electron chi connectivity index (χ1n) is 6.78. The summed E-state index contributed by atoms with van der Waals surface area (Å²) in [7, 11) is 0. The van der Waals surface area contributed by atoms with E-state index in [1.807, 2.05) is 26.0 Å². The van der Waals surface area contributed by atoms with Crippen LogP contribution in [0.15, 0.2) is 12.1 Å². The van der Waals surface area contributed by atoms with Gasteiger partial charge in [-0.2, -0.15) is 0 Å². The smallest absolute Gasteiger partial charge is 0.245 e. The molecule has 1 aromatic heterocycles. The van der Waals surface area contributed by atoms with Crippen LogP contribution in [0.4, 0.5) is 0 Å². The maximum Gasteiger partial charge on any atom is 0.245 e. The van der Waals surface area contributed by atoms with Crippen molar-refractivity contribution in [1.82, 2.24) is 10.2 Å². The number of hydrogen-bond donors (Lipinski definition) is 1. The minimum Gasteiger partial charge on any atom is -0.343 e. The number of nitrogens with zero attached hydrogens (tertiary/aromatic N) is 1. The average molecular weight is 315 g/mol. The van der Waals surface area contributed by atoms with E-state index < -0.39 is 0 Å². The Hall–Kier alpha value is -1.07. The van der Waals surface area contributed by atoms with Crippen molar-refractivity contribution < 1.29 is 9.59 Å². The molecule has 1 aliphatic heterocycles. The maximum absolute atomic E-state index is 12.3. The lowest BCUT2D eigenvalue weighted by Crippen LogP contribution is -2.58. The molecule has 1 unspecified atom stereocenters. The zero-order valence-electron chi connectivity index (χ0n) is 11.7. The van der Waals surface area contributed by atoms with Gasteiger partial charge < -0.3 is 10.2 Å². The summed E-state index contributed by atoms with van der Waals surface area (Å²) in [5.74, 6) is 0.334. The van der Waals surface area contributed by atoms with Crippen LogP contribution in [0.5, 0.6) is 0 Å². The molecule has 4 nitrogen and oxygen atoms in total. The molecular formula is C14H19ClN2O2S. The lowest BCUT2D eigenvalue weighted by molar-refractivity contribution is -0.144. The first kappa shape index (κ1) is 15.3. The molecule has 1 N–H and O–H groups in total. The van der Waals surface area contributed by atoms with Gasteiger partial charge in [0.2, 0.25) is 11.8 Å². The lowest BCUT2D eigenvalue weighted by atomic mass is 10.0. The molecule has 0 radical (unpaired) electrons. The van der Waals surface area contributed by atoms with Crippen molar-refractivity contribution in [2.75, 3.05) is 13.1 Å². The number of nitrogens with one attached hydrogen (secondary N) is 1. The van der Waals surface area contributed by atoms with E-state index in [0.29, 0.717) is 18.9 Å². The molecule has 2 amide bonds. The second-order valence-corrected chi connectivity index (χ2v) is 7.26. The third kappa shape index (κ3) is 3.96. The summed E-state index contributed by atoms with van der Waals surface area (Å²) in [6.45, 7) is 4.82. The number of thiophene rings is 1. The van der Waals surface area contributed by atoms with Crippen LogP contribution in [-0.4, -0.2) is 35.8 Å². The van der Waals surface area contributed by atoms with Gasteiger partial charge in [0, 0.05) is 11.4 Å². The van der Waals surface area contributed by atoms with Crippen molar-refractivity contribution in [3.05, 3.63) is 21.3 Å². The van der Waals surface area contributed by atoms with E-state index in [-0.39, 0.29) is 24.4 Å². The molecule has 1 aromatic rings. The molecule has 2 rings (SSSR count). The molecular weight excluding hydrogens is 296 g/mol. The molecule has 0 aromatic carbocycles. The second-order valence-electron chi connectivity index (χ2n) is 5.47. The molecule has 110 valence electrons. The Bertz CT molecular complexity index is 501. The van der Waals surface area contributed by atoms with Crippen LogP contribution in [0.25, 0.3) is 0 Å². The zero-order chi connectivity index (χ0) is 14.7. The van der Waals surface area contributed by atoms with E-state index in [4.69, 9.17) is 11.6 Å². The summed E-state index contributed by atoms with van der Waals surface area (Å²) in [5.41, 5.74) is 0. The number of amides is 2. The summed E-state index contributed by atoms with van der Waals surface area (Å²) in [6.07, 6.45) is 1.43. The molecule has 1 aliphatic rings. The van der Waals surface area contributed by atoms with Crippen molar-refractivity contribution in [3.63, 3.8) is 0 Å².